The lowest BCUT2D eigenvalue weighted by Gasteiger charge is -2.12. The monoisotopic (exact) mass is 362 g/mol. The van der Waals surface area contributed by atoms with Gasteiger partial charge in [0.05, 0.1) is 0 Å². The number of hydrogen-bond acceptors (Lipinski definition) is 3. The van der Waals surface area contributed by atoms with Crippen LogP contribution in [0.3, 0.4) is 0 Å². The number of aromatic nitrogens is 1. The first-order valence-corrected chi connectivity index (χ1v) is 7.53. The van der Waals surface area contributed by atoms with Gasteiger partial charge in [-0.2, -0.15) is 0 Å². The molecule has 0 aliphatic rings. The number of para-hydroxylation sites is 1. The van der Waals surface area contributed by atoms with E-state index >= 15 is 0 Å². The minimum Gasteiger partial charge on any atom is -0.406 e. The van der Waals surface area contributed by atoms with E-state index in [0.29, 0.717) is 16.5 Å². The molecule has 0 saturated carbocycles. The Balaban J connectivity index is 1.87. The molecule has 134 valence electrons. The van der Waals surface area contributed by atoms with E-state index in [0.717, 1.165) is 12.1 Å². The molecule has 0 bridgehead atoms. The summed E-state index contributed by atoms with van der Waals surface area (Å²) >= 11 is 0. The number of benzene rings is 2. The van der Waals surface area contributed by atoms with Gasteiger partial charge in [0, 0.05) is 22.8 Å². The maximum Gasteiger partial charge on any atom is 0.573 e. The van der Waals surface area contributed by atoms with Crippen LogP contribution in [0.15, 0.2) is 53.5 Å². The molecule has 3 rings (SSSR count). The normalized spacial score (nSPS) is 11.4. The quantitative estimate of drug-likeness (QED) is 0.740. The Hall–Kier alpha value is -3.29. The molecule has 0 radical (unpaired) electrons. The predicted octanol–water partition coefficient (Wildman–Crippen LogP) is 3.99. The van der Waals surface area contributed by atoms with E-state index in [1.165, 1.54) is 19.2 Å². The average molecular weight is 362 g/mol. The summed E-state index contributed by atoms with van der Waals surface area (Å²) in [6.45, 7) is 1.52. The SMILES string of the molecule is Cc1cc(OC(F)(F)F)ccc1NC(=O)c1c[nH]c2ccccc2c1=O. The first kappa shape index (κ1) is 17.5. The van der Waals surface area contributed by atoms with Crippen molar-refractivity contribution in [3.8, 4) is 5.75 Å². The van der Waals surface area contributed by atoms with Gasteiger partial charge < -0.3 is 15.0 Å². The zero-order valence-corrected chi connectivity index (χ0v) is 13.5. The van der Waals surface area contributed by atoms with E-state index in [9.17, 15) is 22.8 Å². The van der Waals surface area contributed by atoms with Gasteiger partial charge in [0.1, 0.15) is 11.3 Å². The highest BCUT2D eigenvalue weighted by atomic mass is 19.4. The largest absolute Gasteiger partial charge is 0.573 e. The number of pyridine rings is 1. The van der Waals surface area contributed by atoms with Gasteiger partial charge in [0.15, 0.2) is 0 Å². The molecule has 2 aromatic carbocycles. The molecule has 0 unspecified atom stereocenters. The first-order valence-electron chi connectivity index (χ1n) is 7.53. The minimum absolute atomic E-state index is 0.0984. The second-order valence-corrected chi connectivity index (χ2v) is 5.56. The summed E-state index contributed by atoms with van der Waals surface area (Å²) in [4.78, 5) is 27.7. The maximum atomic E-state index is 12.4. The number of carbonyl (C=O) groups is 1. The van der Waals surface area contributed by atoms with Crippen LogP contribution in [0.1, 0.15) is 15.9 Å². The summed E-state index contributed by atoms with van der Waals surface area (Å²) in [5.41, 5.74) is 0.693. The number of carbonyl (C=O) groups excluding carboxylic acids is 1. The van der Waals surface area contributed by atoms with Crippen molar-refractivity contribution in [2.45, 2.75) is 13.3 Å². The van der Waals surface area contributed by atoms with Crippen molar-refractivity contribution in [3.63, 3.8) is 0 Å². The van der Waals surface area contributed by atoms with Crippen LogP contribution in [0, 0.1) is 6.92 Å². The minimum atomic E-state index is -4.80. The molecule has 0 atom stereocenters. The zero-order valence-electron chi connectivity index (χ0n) is 13.5. The van der Waals surface area contributed by atoms with Crippen molar-refractivity contribution in [2.75, 3.05) is 5.32 Å². The van der Waals surface area contributed by atoms with E-state index in [4.69, 9.17) is 0 Å². The number of fused-ring (bicyclic) bond motifs is 1. The molecule has 5 nitrogen and oxygen atoms in total. The number of nitrogens with one attached hydrogen (secondary N) is 2. The Bertz CT molecular complexity index is 1040. The average Bonchev–Trinajstić information content (AvgIpc) is 2.56. The van der Waals surface area contributed by atoms with Gasteiger partial charge >= 0.3 is 6.36 Å². The van der Waals surface area contributed by atoms with Crippen molar-refractivity contribution in [2.24, 2.45) is 0 Å². The molecule has 0 fully saturated rings. The highest BCUT2D eigenvalue weighted by Gasteiger charge is 2.31. The Labute approximate surface area is 145 Å². The topological polar surface area (TPSA) is 71.2 Å². The van der Waals surface area contributed by atoms with Crippen LogP contribution in [0.4, 0.5) is 18.9 Å². The Morgan fingerprint density at radius 3 is 2.58 bits per heavy atom. The van der Waals surface area contributed by atoms with Gasteiger partial charge in [0.25, 0.3) is 5.91 Å². The van der Waals surface area contributed by atoms with Crippen LogP contribution < -0.4 is 15.5 Å². The van der Waals surface area contributed by atoms with E-state index in [1.807, 2.05) is 0 Å². The summed E-state index contributed by atoms with van der Waals surface area (Å²) in [6, 6.07) is 10.3. The highest BCUT2D eigenvalue weighted by Crippen LogP contribution is 2.27. The van der Waals surface area contributed by atoms with Gasteiger partial charge in [-0.1, -0.05) is 12.1 Å². The van der Waals surface area contributed by atoms with Crippen LogP contribution in [0.2, 0.25) is 0 Å². The Kier molecular flexibility index (Phi) is 4.41. The van der Waals surface area contributed by atoms with Crippen molar-refractivity contribution in [1.82, 2.24) is 4.98 Å². The highest BCUT2D eigenvalue weighted by molar-refractivity contribution is 6.06. The fraction of sp³-hybridized carbons (Fsp3) is 0.111. The lowest BCUT2D eigenvalue weighted by atomic mass is 10.1. The number of hydrogen-bond donors (Lipinski definition) is 2. The van der Waals surface area contributed by atoms with Crippen LogP contribution in [0.5, 0.6) is 5.75 Å². The summed E-state index contributed by atoms with van der Waals surface area (Å²) < 4.78 is 40.6. The van der Waals surface area contributed by atoms with Gasteiger partial charge in [-0.25, -0.2) is 0 Å². The smallest absolute Gasteiger partial charge is 0.406 e. The fourth-order valence-electron chi connectivity index (χ4n) is 2.50. The first-order chi connectivity index (χ1) is 12.2. The van der Waals surface area contributed by atoms with Crippen LogP contribution in [-0.2, 0) is 0 Å². The summed E-state index contributed by atoms with van der Waals surface area (Å²) in [6.07, 6.45) is -3.49. The van der Waals surface area contributed by atoms with Gasteiger partial charge in [-0.3, -0.25) is 9.59 Å². The number of rotatable bonds is 3. The standard InChI is InChI=1S/C18H13F3N2O3/c1-10-8-11(26-18(19,20)21)6-7-14(10)23-17(25)13-9-22-15-5-3-2-4-12(15)16(13)24/h2-9H,1H3,(H,22,24)(H,23,25). The van der Waals surface area contributed by atoms with Crippen LogP contribution in [-0.4, -0.2) is 17.3 Å². The molecule has 0 saturated heterocycles. The van der Waals surface area contributed by atoms with Gasteiger partial charge in [0.2, 0.25) is 5.43 Å². The fourth-order valence-corrected chi connectivity index (χ4v) is 2.50. The molecule has 2 N–H and O–H groups in total. The Morgan fingerprint density at radius 1 is 1.15 bits per heavy atom. The summed E-state index contributed by atoms with van der Waals surface area (Å²) in [7, 11) is 0. The van der Waals surface area contributed by atoms with Crippen molar-refractivity contribution >= 4 is 22.5 Å². The maximum absolute atomic E-state index is 12.4. The summed E-state index contributed by atoms with van der Waals surface area (Å²) in [5.74, 6) is -1.05. The molecule has 0 spiro atoms. The van der Waals surface area contributed by atoms with Crippen LogP contribution >= 0.6 is 0 Å². The molecule has 1 amide bonds. The number of alkyl halides is 3. The van der Waals surface area contributed by atoms with Gasteiger partial charge in [-0.05, 0) is 42.8 Å². The number of amides is 1. The van der Waals surface area contributed by atoms with E-state index in [1.54, 1.807) is 24.3 Å². The molecule has 3 aromatic rings. The molecular weight excluding hydrogens is 349 g/mol. The number of ether oxygens (including phenoxy) is 1. The van der Waals surface area contributed by atoms with Crippen molar-refractivity contribution in [1.29, 1.82) is 0 Å². The van der Waals surface area contributed by atoms with Crippen LogP contribution in [0.25, 0.3) is 10.9 Å². The van der Waals surface area contributed by atoms with Gasteiger partial charge in [-0.15, -0.1) is 13.2 Å². The number of aryl methyl sites for hydroxylation is 1. The number of halogens is 3. The number of H-pyrrole nitrogens is 1. The van der Waals surface area contributed by atoms with E-state index in [2.05, 4.69) is 15.0 Å². The third kappa shape index (κ3) is 3.69. The summed E-state index contributed by atoms with van der Waals surface area (Å²) in [5, 5.41) is 2.89. The number of aromatic amines is 1. The van der Waals surface area contributed by atoms with Crippen molar-refractivity contribution in [3.05, 3.63) is 70.0 Å². The molecule has 0 aliphatic carbocycles. The molecule has 26 heavy (non-hydrogen) atoms. The third-order valence-electron chi connectivity index (χ3n) is 3.71. The Morgan fingerprint density at radius 2 is 1.88 bits per heavy atom. The zero-order chi connectivity index (χ0) is 18.9. The van der Waals surface area contributed by atoms with E-state index in [-0.39, 0.29) is 11.3 Å². The van der Waals surface area contributed by atoms with Crippen molar-refractivity contribution < 1.29 is 22.7 Å². The predicted molar refractivity (Wildman–Crippen MR) is 90.4 cm³/mol. The molecule has 8 heteroatoms. The second kappa shape index (κ2) is 6.55. The lowest BCUT2D eigenvalue weighted by molar-refractivity contribution is -0.274. The molecule has 1 heterocycles. The second-order valence-electron chi connectivity index (χ2n) is 5.56. The van der Waals surface area contributed by atoms with E-state index < -0.39 is 23.4 Å². The lowest BCUT2D eigenvalue weighted by Crippen LogP contribution is -2.22. The number of anilines is 1. The molecule has 1 aromatic heterocycles. The molecule has 0 aliphatic heterocycles. The molecular formula is C18H13F3N2O3. The third-order valence-corrected chi connectivity index (χ3v) is 3.71.